The maximum atomic E-state index is 12.6. The van der Waals surface area contributed by atoms with Crippen molar-refractivity contribution in [3.63, 3.8) is 0 Å². The number of rotatable bonds is 7. The zero-order chi connectivity index (χ0) is 15.3. The first-order valence-corrected chi connectivity index (χ1v) is 8.56. The van der Waals surface area contributed by atoms with Crippen molar-refractivity contribution in [2.45, 2.75) is 51.6 Å². The van der Waals surface area contributed by atoms with Crippen molar-refractivity contribution >= 4 is 10.0 Å². The van der Waals surface area contributed by atoms with Crippen LogP contribution in [-0.4, -0.2) is 32.4 Å². The molecule has 0 saturated carbocycles. The molecule has 1 N–H and O–H groups in total. The van der Waals surface area contributed by atoms with E-state index in [0.717, 1.165) is 24.1 Å². The first kappa shape index (κ1) is 17.1. The van der Waals surface area contributed by atoms with Gasteiger partial charge in [0, 0.05) is 19.6 Å². The second kappa shape index (κ2) is 7.20. The quantitative estimate of drug-likeness (QED) is 0.841. The highest BCUT2D eigenvalue weighted by molar-refractivity contribution is 7.89. The Labute approximate surface area is 123 Å². The van der Waals surface area contributed by atoms with Crippen molar-refractivity contribution < 1.29 is 8.42 Å². The third-order valence-corrected chi connectivity index (χ3v) is 5.74. The highest BCUT2D eigenvalue weighted by Crippen LogP contribution is 2.21. The summed E-state index contributed by atoms with van der Waals surface area (Å²) in [6.45, 7) is 9.50. The molecule has 5 heteroatoms. The van der Waals surface area contributed by atoms with Crippen LogP contribution in [0.2, 0.25) is 0 Å². The number of benzene rings is 1. The Hall–Kier alpha value is -0.910. The number of hydrogen-bond donors (Lipinski definition) is 1. The van der Waals surface area contributed by atoms with Gasteiger partial charge < -0.3 is 5.32 Å². The molecule has 1 rings (SSSR count). The normalized spacial score (nSPS) is 13.7. The summed E-state index contributed by atoms with van der Waals surface area (Å²) in [7, 11) is -1.76. The molecule has 0 bridgehead atoms. The molecule has 0 saturated heterocycles. The van der Waals surface area contributed by atoms with E-state index in [0.29, 0.717) is 11.4 Å². The maximum Gasteiger partial charge on any atom is 0.243 e. The molecule has 114 valence electrons. The highest BCUT2D eigenvalue weighted by Gasteiger charge is 2.24. The molecule has 0 spiro atoms. The minimum absolute atomic E-state index is 0.00137. The first-order chi connectivity index (χ1) is 9.34. The van der Waals surface area contributed by atoms with Crippen molar-refractivity contribution in [3.05, 3.63) is 29.3 Å². The first-order valence-electron chi connectivity index (χ1n) is 7.12. The summed E-state index contributed by atoms with van der Waals surface area (Å²) in [5.41, 5.74) is 2.14. The van der Waals surface area contributed by atoms with Crippen LogP contribution in [0.4, 0.5) is 0 Å². The standard InChI is InChI=1S/C15H26N2O2S/c1-6-13(4)17(5)20(18,19)15-9-8-12(3)14(10-15)11-16-7-2/h8-10,13,16H,6-7,11H2,1-5H3. The van der Waals surface area contributed by atoms with Crippen molar-refractivity contribution in [3.8, 4) is 0 Å². The molecule has 20 heavy (non-hydrogen) atoms. The summed E-state index contributed by atoms with van der Waals surface area (Å²) in [5, 5.41) is 3.24. The second-order valence-electron chi connectivity index (χ2n) is 5.15. The molecule has 0 radical (unpaired) electrons. The van der Waals surface area contributed by atoms with Crippen molar-refractivity contribution in [1.29, 1.82) is 0 Å². The van der Waals surface area contributed by atoms with Crippen molar-refractivity contribution in [2.24, 2.45) is 0 Å². The summed E-state index contributed by atoms with van der Waals surface area (Å²) in [6, 6.07) is 5.35. The third-order valence-electron chi connectivity index (χ3n) is 3.77. The highest BCUT2D eigenvalue weighted by atomic mass is 32.2. The van der Waals surface area contributed by atoms with E-state index in [-0.39, 0.29) is 6.04 Å². The van der Waals surface area contributed by atoms with Crippen LogP contribution in [0.1, 0.15) is 38.3 Å². The largest absolute Gasteiger partial charge is 0.313 e. The van der Waals surface area contributed by atoms with Crippen LogP contribution in [0.5, 0.6) is 0 Å². The molecule has 0 fully saturated rings. The van der Waals surface area contributed by atoms with Gasteiger partial charge in [0.25, 0.3) is 0 Å². The zero-order valence-electron chi connectivity index (χ0n) is 13.1. The smallest absolute Gasteiger partial charge is 0.243 e. The van der Waals surface area contributed by atoms with E-state index in [1.807, 2.05) is 33.8 Å². The monoisotopic (exact) mass is 298 g/mol. The van der Waals surface area contributed by atoms with Crippen LogP contribution >= 0.6 is 0 Å². The fourth-order valence-electron chi connectivity index (χ4n) is 1.92. The van der Waals surface area contributed by atoms with E-state index in [4.69, 9.17) is 0 Å². The lowest BCUT2D eigenvalue weighted by Gasteiger charge is -2.23. The number of hydrogen-bond acceptors (Lipinski definition) is 3. The minimum Gasteiger partial charge on any atom is -0.313 e. The molecule has 1 unspecified atom stereocenters. The fraction of sp³-hybridized carbons (Fsp3) is 0.600. The molecule has 0 heterocycles. The lowest BCUT2D eigenvalue weighted by Crippen LogP contribution is -2.34. The lowest BCUT2D eigenvalue weighted by molar-refractivity contribution is 0.380. The zero-order valence-corrected chi connectivity index (χ0v) is 13.9. The molecular formula is C15H26N2O2S. The van der Waals surface area contributed by atoms with Gasteiger partial charge in [-0.25, -0.2) is 8.42 Å². The summed E-state index contributed by atoms with van der Waals surface area (Å²) < 4.78 is 26.6. The van der Waals surface area contributed by atoms with Gasteiger partial charge in [0.15, 0.2) is 0 Å². The van der Waals surface area contributed by atoms with Crippen molar-refractivity contribution in [1.82, 2.24) is 9.62 Å². The Bertz CT molecular complexity index is 541. The van der Waals surface area contributed by atoms with Gasteiger partial charge in [0.1, 0.15) is 0 Å². The van der Waals surface area contributed by atoms with E-state index >= 15 is 0 Å². The number of sulfonamides is 1. The van der Waals surface area contributed by atoms with Gasteiger partial charge in [0.2, 0.25) is 10.0 Å². The Balaban J connectivity index is 3.13. The minimum atomic E-state index is -3.41. The topological polar surface area (TPSA) is 49.4 Å². The van der Waals surface area contributed by atoms with Crippen LogP contribution in [-0.2, 0) is 16.6 Å². The van der Waals surface area contributed by atoms with Crippen LogP contribution < -0.4 is 5.32 Å². The Morgan fingerprint density at radius 1 is 1.30 bits per heavy atom. The average Bonchev–Trinajstić information content (AvgIpc) is 2.44. The lowest BCUT2D eigenvalue weighted by atomic mass is 10.1. The summed E-state index contributed by atoms with van der Waals surface area (Å²) in [5.74, 6) is 0. The molecule has 0 aliphatic rings. The summed E-state index contributed by atoms with van der Waals surface area (Å²) in [4.78, 5) is 0.374. The van der Waals surface area contributed by atoms with Gasteiger partial charge in [-0.1, -0.05) is 19.9 Å². The van der Waals surface area contributed by atoms with E-state index in [2.05, 4.69) is 5.32 Å². The third kappa shape index (κ3) is 3.81. The maximum absolute atomic E-state index is 12.6. The van der Waals surface area contributed by atoms with Gasteiger partial charge in [-0.3, -0.25) is 0 Å². The second-order valence-corrected chi connectivity index (χ2v) is 7.14. The summed E-state index contributed by atoms with van der Waals surface area (Å²) in [6.07, 6.45) is 0.797. The number of nitrogens with zero attached hydrogens (tertiary/aromatic N) is 1. The molecule has 0 aliphatic carbocycles. The molecule has 0 aromatic heterocycles. The van der Waals surface area contributed by atoms with Crippen molar-refractivity contribution in [2.75, 3.05) is 13.6 Å². The Morgan fingerprint density at radius 3 is 2.50 bits per heavy atom. The van der Waals surface area contributed by atoms with Gasteiger partial charge in [0.05, 0.1) is 4.90 Å². The van der Waals surface area contributed by atoms with Gasteiger partial charge in [-0.2, -0.15) is 4.31 Å². The van der Waals surface area contributed by atoms with Crippen LogP contribution in [0.3, 0.4) is 0 Å². The van der Waals surface area contributed by atoms with Crippen LogP contribution in [0, 0.1) is 6.92 Å². The molecule has 1 atom stereocenters. The molecule has 0 aliphatic heterocycles. The Kier molecular flexibility index (Phi) is 6.17. The molecule has 0 amide bonds. The molecule has 1 aromatic rings. The van der Waals surface area contributed by atoms with Crippen LogP contribution in [0.25, 0.3) is 0 Å². The Morgan fingerprint density at radius 2 is 1.95 bits per heavy atom. The summed E-state index contributed by atoms with van der Waals surface area (Å²) >= 11 is 0. The predicted octanol–water partition coefficient (Wildman–Crippen LogP) is 2.52. The van der Waals surface area contributed by atoms with E-state index in [1.54, 1.807) is 19.2 Å². The molecule has 4 nitrogen and oxygen atoms in total. The fourth-order valence-corrected chi connectivity index (χ4v) is 3.41. The average molecular weight is 298 g/mol. The van der Waals surface area contributed by atoms with Gasteiger partial charge >= 0.3 is 0 Å². The molecular weight excluding hydrogens is 272 g/mol. The van der Waals surface area contributed by atoms with E-state index in [9.17, 15) is 8.42 Å². The van der Waals surface area contributed by atoms with Crippen LogP contribution in [0.15, 0.2) is 23.1 Å². The number of aryl methyl sites for hydroxylation is 1. The number of nitrogens with one attached hydrogen (secondary N) is 1. The predicted molar refractivity (Wildman–Crippen MR) is 83.3 cm³/mol. The molecule has 1 aromatic carbocycles. The van der Waals surface area contributed by atoms with E-state index < -0.39 is 10.0 Å². The van der Waals surface area contributed by atoms with Gasteiger partial charge in [-0.15, -0.1) is 0 Å². The van der Waals surface area contributed by atoms with E-state index in [1.165, 1.54) is 4.31 Å². The van der Waals surface area contributed by atoms with Gasteiger partial charge in [-0.05, 0) is 50.1 Å². The SMILES string of the molecule is CCNCc1cc(S(=O)(=O)N(C)C(C)CC)ccc1C.